The molecule has 0 spiro atoms. The van der Waals surface area contributed by atoms with E-state index in [4.69, 9.17) is 4.74 Å². The highest BCUT2D eigenvalue weighted by Gasteiger charge is 2.30. The molecular formula is C19H21NO5. The minimum Gasteiger partial charge on any atom is -0.481 e. The van der Waals surface area contributed by atoms with Crippen LogP contribution < -0.4 is 0 Å². The van der Waals surface area contributed by atoms with Gasteiger partial charge in [0.15, 0.2) is 5.78 Å². The number of carboxylic acids is 1. The second-order valence-corrected chi connectivity index (χ2v) is 5.85. The first-order chi connectivity index (χ1) is 11.8. The molecule has 25 heavy (non-hydrogen) atoms. The molecule has 6 nitrogen and oxygen atoms in total. The Kier molecular flexibility index (Phi) is 5.75. The van der Waals surface area contributed by atoms with Gasteiger partial charge in [0.05, 0.1) is 18.1 Å². The molecule has 1 aromatic heterocycles. The molecule has 1 unspecified atom stereocenters. The van der Waals surface area contributed by atoms with Crippen molar-refractivity contribution in [1.82, 2.24) is 4.98 Å². The van der Waals surface area contributed by atoms with Crippen molar-refractivity contribution in [1.29, 1.82) is 0 Å². The third-order valence-electron chi connectivity index (χ3n) is 4.02. The molecule has 132 valence electrons. The fourth-order valence-corrected chi connectivity index (χ4v) is 2.67. The van der Waals surface area contributed by atoms with Gasteiger partial charge in [0.1, 0.15) is 0 Å². The lowest BCUT2D eigenvalue weighted by Gasteiger charge is -2.13. The minimum absolute atomic E-state index is 0.183. The predicted molar refractivity (Wildman–Crippen MR) is 92.0 cm³/mol. The van der Waals surface area contributed by atoms with Gasteiger partial charge in [0, 0.05) is 23.9 Å². The summed E-state index contributed by atoms with van der Waals surface area (Å²) < 4.78 is 5.00. The first-order valence-electron chi connectivity index (χ1n) is 8.02. The highest BCUT2D eigenvalue weighted by molar-refractivity contribution is 6.00. The van der Waals surface area contributed by atoms with Gasteiger partial charge >= 0.3 is 11.9 Å². The van der Waals surface area contributed by atoms with E-state index >= 15 is 0 Å². The SMILES string of the molecule is CCOC(=O)c1c(C(CC(=O)c2ccc(C)cc2)C(=O)O)c[nH]c1C. The lowest BCUT2D eigenvalue weighted by molar-refractivity contribution is -0.138. The van der Waals surface area contributed by atoms with Crippen molar-refractivity contribution in [3.8, 4) is 0 Å². The van der Waals surface area contributed by atoms with Gasteiger partial charge in [-0.05, 0) is 26.3 Å². The summed E-state index contributed by atoms with van der Waals surface area (Å²) in [4.78, 5) is 39.2. The summed E-state index contributed by atoms with van der Waals surface area (Å²) in [5.74, 6) is -3.17. The van der Waals surface area contributed by atoms with E-state index in [1.54, 1.807) is 38.1 Å². The van der Waals surface area contributed by atoms with Crippen molar-refractivity contribution in [3.05, 3.63) is 58.4 Å². The fraction of sp³-hybridized carbons (Fsp3) is 0.316. The Balaban J connectivity index is 2.33. The van der Waals surface area contributed by atoms with Crippen LogP contribution in [0.4, 0.5) is 0 Å². The molecule has 0 radical (unpaired) electrons. The lowest BCUT2D eigenvalue weighted by Crippen LogP contribution is -2.19. The molecule has 2 aromatic rings. The fourth-order valence-electron chi connectivity index (χ4n) is 2.67. The molecule has 0 bridgehead atoms. The number of carbonyl (C=O) groups is 3. The quantitative estimate of drug-likeness (QED) is 0.594. The zero-order valence-electron chi connectivity index (χ0n) is 14.5. The molecule has 0 amide bonds. The van der Waals surface area contributed by atoms with Crippen LogP contribution in [-0.2, 0) is 9.53 Å². The van der Waals surface area contributed by atoms with Gasteiger partial charge in [-0.25, -0.2) is 4.79 Å². The standard InChI is InChI=1S/C19H21NO5/c1-4-25-19(24)17-12(3)20-10-15(17)14(18(22)23)9-16(21)13-7-5-11(2)6-8-13/h5-8,10,14,20H,4,9H2,1-3H3,(H,22,23). The Morgan fingerprint density at radius 3 is 2.36 bits per heavy atom. The molecule has 0 saturated heterocycles. The Labute approximate surface area is 145 Å². The second kappa shape index (κ2) is 7.79. The van der Waals surface area contributed by atoms with E-state index in [9.17, 15) is 19.5 Å². The van der Waals surface area contributed by atoms with Crippen molar-refractivity contribution >= 4 is 17.7 Å². The normalized spacial score (nSPS) is 11.8. The molecule has 0 aliphatic heterocycles. The molecular weight excluding hydrogens is 322 g/mol. The number of rotatable bonds is 7. The van der Waals surface area contributed by atoms with E-state index < -0.39 is 17.9 Å². The van der Waals surface area contributed by atoms with E-state index in [-0.39, 0.29) is 29.9 Å². The number of H-pyrrole nitrogens is 1. The number of esters is 1. The molecule has 2 N–H and O–H groups in total. The highest BCUT2D eigenvalue weighted by atomic mass is 16.5. The second-order valence-electron chi connectivity index (χ2n) is 5.85. The average molecular weight is 343 g/mol. The number of benzene rings is 1. The summed E-state index contributed by atoms with van der Waals surface area (Å²) in [7, 11) is 0. The summed E-state index contributed by atoms with van der Waals surface area (Å²) in [6.07, 6.45) is 1.23. The largest absolute Gasteiger partial charge is 0.481 e. The first-order valence-corrected chi connectivity index (χ1v) is 8.02. The smallest absolute Gasteiger partial charge is 0.340 e. The molecule has 1 aromatic carbocycles. The average Bonchev–Trinajstić information content (AvgIpc) is 2.94. The van der Waals surface area contributed by atoms with Crippen molar-refractivity contribution in [3.63, 3.8) is 0 Å². The van der Waals surface area contributed by atoms with Crippen molar-refractivity contribution in [2.75, 3.05) is 6.61 Å². The maximum atomic E-state index is 12.5. The number of aliphatic carboxylic acids is 1. The minimum atomic E-state index is -1.16. The maximum absolute atomic E-state index is 12.5. The number of nitrogens with one attached hydrogen (secondary N) is 1. The summed E-state index contributed by atoms with van der Waals surface area (Å²) in [5, 5.41) is 9.59. The molecule has 0 aliphatic carbocycles. The van der Waals surface area contributed by atoms with E-state index in [2.05, 4.69) is 4.98 Å². The number of ketones is 1. The first kappa shape index (κ1) is 18.4. The summed E-state index contributed by atoms with van der Waals surface area (Å²) in [5.41, 5.74) is 2.43. The van der Waals surface area contributed by atoms with Crippen LogP contribution in [0.1, 0.15) is 56.8 Å². The molecule has 2 rings (SSSR count). The van der Waals surface area contributed by atoms with Crippen LogP contribution in [0.3, 0.4) is 0 Å². The monoisotopic (exact) mass is 343 g/mol. The van der Waals surface area contributed by atoms with E-state index in [0.717, 1.165) is 5.56 Å². The van der Waals surface area contributed by atoms with Crippen LogP contribution in [0.25, 0.3) is 0 Å². The van der Waals surface area contributed by atoms with Gasteiger partial charge < -0.3 is 14.8 Å². The van der Waals surface area contributed by atoms with Crippen LogP contribution in [-0.4, -0.2) is 34.4 Å². The van der Waals surface area contributed by atoms with E-state index in [0.29, 0.717) is 11.3 Å². The van der Waals surface area contributed by atoms with Gasteiger partial charge in [-0.15, -0.1) is 0 Å². The predicted octanol–water partition coefficient (Wildman–Crippen LogP) is 3.25. The zero-order valence-corrected chi connectivity index (χ0v) is 14.5. The molecule has 0 aliphatic rings. The topological polar surface area (TPSA) is 96.5 Å². The number of Topliss-reactive ketones (excluding diaryl/α,β-unsaturated/α-hetero) is 1. The molecule has 6 heteroatoms. The number of ether oxygens (including phenoxy) is 1. The number of carbonyl (C=O) groups excluding carboxylic acids is 2. The van der Waals surface area contributed by atoms with Gasteiger partial charge in [0.2, 0.25) is 0 Å². The molecule has 0 saturated carbocycles. The van der Waals surface area contributed by atoms with Crippen molar-refractivity contribution in [2.45, 2.75) is 33.1 Å². The van der Waals surface area contributed by atoms with Crippen molar-refractivity contribution in [2.24, 2.45) is 0 Å². The van der Waals surface area contributed by atoms with Crippen LogP contribution >= 0.6 is 0 Å². The number of aromatic amines is 1. The Morgan fingerprint density at radius 1 is 1.16 bits per heavy atom. The Hall–Kier alpha value is -2.89. The molecule has 1 heterocycles. The summed E-state index contributed by atoms with van der Waals surface area (Å²) in [6, 6.07) is 6.94. The highest BCUT2D eigenvalue weighted by Crippen LogP contribution is 2.28. The molecule has 0 fully saturated rings. The Bertz CT molecular complexity index is 789. The number of aryl methyl sites for hydroxylation is 2. The van der Waals surface area contributed by atoms with E-state index in [1.807, 2.05) is 6.92 Å². The van der Waals surface area contributed by atoms with Crippen LogP contribution in [0.2, 0.25) is 0 Å². The lowest BCUT2D eigenvalue weighted by atomic mass is 9.90. The van der Waals surface area contributed by atoms with Gasteiger partial charge in [-0.1, -0.05) is 29.8 Å². The van der Waals surface area contributed by atoms with Crippen molar-refractivity contribution < 1.29 is 24.2 Å². The number of carboxylic acid groups (broad SMARTS) is 1. The van der Waals surface area contributed by atoms with Crippen LogP contribution in [0, 0.1) is 13.8 Å². The number of hydrogen-bond acceptors (Lipinski definition) is 4. The van der Waals surface area contributed by atoms with E-state index in [1.165, 1.54) is 6.20 Å². The zero-order chi connectivity index (χ0) is 18.6. The third kappa shape index (κ3) is 4.15. The summed E-state index contributed by atoms with van der Waals surface area (Å²) in [6.45, 7) is 5.43. The van der Waals surface area contributed by atoms with Gasteiger partial charge in [-0.3, -0.25) is 9.59 Å². The number of aromatic nitrogens is 1. The maximum Gasteiger partial charge on any atom is 0.340 e. The number of hydrogen-bond donors (Lipinski definition) is 2. The van der Waals surface area contributed by atoms with Gasteiger partial charge in [0.25, 0.3) is 0 Å². The van der Waals surface area contributed by atoms with Crippen LogP contribution in [0.15, 0.2) is 30.5 Å². The Morgan fingerprint density at radius 2 is 1.80 bits per heavy atom. The van der Waals surface area contributed by atoms with Gasteiger partial charge in [-0.2, -0.15) is 0 Å². The van der Waals surface area contributed by atoms with Crippen LogP contribution in [0.5, 0.6) is 0 Å². The molecule has 1 atom stereocenters. The summed E-state index contributed by atoms with van der Waals surface area (Å²) >= 11 is 0. The third-order valence-corrected chi connectivity index (χ3v) is 4.02.